The Kier molecular flexibility index (Phi) is 10.1. The number of allylic oxidation sites excluding steroid dienone is 4. The van der Waals surface area contributed by atoms with Crippen molar-refractivity contribution in [1.82, 2.24) is 0 Å². The quantitative estimate of drug-likeness (QED) is 0.443. The molecule has 0 nitrogen and oxygen atoms in total. The molecule has 0 bridgehead atoms. The minimum absolute atomic E-state index is 0. The summed E-state index contributed by atoms with van der Waals surface area (Å²) in [5, 5.41) is 0. The van der Waals surface area contributed by atoms with E-state index in [1.165, 1.54) is 37.3 Å². The van der Waals surface area contributed by atoms with Crippen molar-refractivity contribution in [3.8, 4) is 0 Å². The number of rotatable bonds is 2. The predicted molar refractivity (Wildman–Crippen MR) is 83.9 cm³/mol. The molecule has 0 aromatic heterocycles. The summed E-state index contributed by atoms with van der Waals surface area (Å²) in [5.41, 5.74) is 10.5. The first-order chi connectivity index (χ1) is 9.19. The summed E-state index contributed by atoms with van der Waals surface area (Å²) in [5.74, 6) is 0. The fourth-order valence-corrected chi connectivity index (χ4v) is 4.52. The topological polar surface area (TPSA) is 0 Å². The molecule has 0 radical (unpaired) electrons. The van der Waals surface area contributed by atoms with Crippen LogP contribution in [0.3, 0.4) is 0 Å². The van der Waals surface area contributed by atoms with Crippen LogP contribution in [0.4, 0.5) is 0 Å². The third-order valence-electron chi connectivity index (χ3n) is 5.31. The SMILES string of the molecule is Cc1c(C)c(C)c(C(C)(C)C2=[C]([Ti+3])C=CC2)c(C)c1C.[Cl-].[Cl-].[Cl-]. The summed E-state index contributed by atoms with van der Waals surface area (Å²) in [6.07, 6.45) is 5.67. The summed E-state index contributed by atoms with van der Waals surface area (Å²) in [4.78, 5) is 0. The molecular weight excluding hydrogens is 382 g/mol. The molecule has 0 N–H and O–H groups in total. The number of halogens is 3. The second kappa shape index (κ2) is 9.11. The molecule has 126 valence electrons. The van der Waals surface area contributed by atoms with Gasteiger partial charge in [0.2, 0.25) is 0 Å². The molecule has 1 aliphatic rings. The zero-order chi connectivity index (χ0) is 15.2. The Hall–Kier alpha value is 0.284. The van der Waals surface area contributed by atoms with E-state index in [0.717, 1.165) is 6.42 Å². The van der Waals surface area contributed by atoms with E-state index in [-0.39, 0.29) is 42.6 Å². The van der Waals surface area contributed by atoms with Gasteiger partial charge in [-0.25, -0.2) is 0 Å². The van der Waals surface area contributed by atoms with Crippen molar-refractivity contribution in [1.29, 1.82) is 0 Å². The van der Waals surface area contributed by atoms with E-state index in [1.807, 2.05) is 0 Å². The van der Waals surface area contributed by atoms with E-state index in [9.17, 15) is 0 Å². The second-order valence-corrected chi connectivity index (χ2v) is 7.46. The van der Waals surface area contributed by atoms with Gasteiger partial charge in [-0.3, -0.25) is 0 Å². The zero-order valence-electron chi connectivity index (χ0n) is 15.0. The van der Waals surface area contributed by atoms with Gasteiger partial charge in [0.05, 0.1) is 0 Å². The Morgan fingerprint density at radius 1 is 0.783 bits per heavy atom. The maximum atomic E-state index is 2.39. The van der Waals surface area contributed by atoms with Gasteiger partial charge in [0.25, 0.3) is 0 Å². The minimum Gasteiger partial charge on any atom is -1.00 e. The molecule has 4 heteroatoms. The average Bonchev–Trinajstić information content (AvgIpc) is 2.81. The molecule has 0 fully saturated rings. The first-order valence-electron chi connectivity index (χ1n) is 7.38. The van der Waals surface area contributed by atoms with Crippen LogP contribution in [-0.4, -0.2) is 0 Å². The molecule has 0 saturated heterocycles. The minimum atomic E-state index is 0. The van der Waals surface area contributed by atoms with Crippen LogP contribution in [0, 0.1) is 34.6 Å². The fraction of sp³-hybridized carbons (Fsp3) is 0.474. The second-order valence-electron chi connectivity index (χ2n) is 6.62. The van der Waals surface area contributed by atoms with E-state index < -0.39 is 0 Å². The van der Waals surface area contributed by atoms with Crippen molar-refractivity contribution in [2.24, 2.45) is 0 Å². The van der Waals surface area contributed by atoms with E-state index in [0.29, 0.717) is 0 Å². The standard InChI is InChI=1S/C19H25.3ClH.Ti/c1-12-13(2)15(4)18(16(5)14(12)3)19(6,7)17-10-8-9-11-17;;;;/h8-9H,10H2,1-7H3;3*1H;/q;;;;+3/p-3. The Morgan fingerprint density at radius 3 is 1.52 bits per heavy atom. The molecule has 0 amide bonds. The molecule has 0 atom stereocenters. The maximum Gasteiger partial charge on any atom is -1.00 e. The van der Waals surface area contributed by atoms with Gasteiger partial charge in [-0.2, -0.15) is 0 Å². The summed E-state index contributed by atoms with van der Waals surface area (Å²) in [6, 6.07) is 0. The van der Waals surface area contributed by atoms with Gasteiger partial charge in [-0.15, -0.1) is 0 Å². The molecule has 1 aliphatic carbocycles. The molecule has 2 rings (SSSR count). The Labute approximate surface area is 172 Å². The monoisotopic (exact) mass is 406 g/mol. The van der Waals surface area contributed by atoms with Crippen LogP contribution in [0.2, 0.25) is 0 Å². The molecule has 0 unspecified atom stereocenters. The molecule has 0 saturated carbocycles. The van der Waals surface area contributed by atoms with Gasteiger partial charge in [-0.1, -0.05) is 0 Å². The van der Waals surface area contributed by atoms with Crippen molar-refractivity contribution in [2.45, 2.75) is 60.3 Å². The number of hydrogen-bond donors (Lipinski definition) is 0. The van der Waals surface area contributed by atoms with Crippen LogP contribution in [0.5, 0.6) is 0 Å². The smallest absolute Gasteiger partial charge is 1.00 e. The summed E-state index contributed by atoms with van der Waals surface area (Å²) in [6.45, 7) is 16.2. The zero-order valence-corrected chi connectivity index (χ0v) is 18.8. The molecular formula is C19H25Cl3Ti. The van der Waals surface area contributed by atoms with E-state index in [2.05, 4.69) is 81.1 Å². The Bertz CT molecular complexity index is 612. The van der Waals surface area contributed by atoms with Gasteiger partial charge < -0.3 is 37.2 Å². The molecule has 1 aromatic rings. The van der Waals surface area contributed by atoms with Gasteiger partial charge in [-0.05, 0) is 0 Å². The molecule has 0 heterocycles. The van der Waals surface area contributed by atoms with Gasteiger partial charge in [0.15, 0.2) is 0 Å². The van der Waals surface area contributed by atoms with Crippen molar-refractivity contribution in [3.63, 3.8) is 0 Å². The first kappa shape index (κ1) is 25.5. The Balaban J connectivity index is 0. The summed E-state index contributed by atoms with van der Waals surface area (Å²) >= 11 is 2.25. The number of hydrogen-bond acceptors (Lipinski definition) is 0. The van der Waals surface area contributed by atoms with Crippen molar-refractivity contribution in [3.05, 3.63) is 55.0 Å². The summed E-state index contributed by atoms with van der Waals surface area (Å²) in [7, 11) is 0. The van der Waals surface area contributed by atoms with Gasteiger partial charge in [0.1, 0.15) is 0 Å². The van der Waals surface area contributed by atoms with Crippen LogP contribution in [0.25, 0.3) is 0 Å². The Morgan fingerprint density at radius 2 is 1.17 bits per heavy atom. The van der Waals surface area contributed by atoms with Crippen LogP contribution in [0.15, 0.2) is 21.6 Å². The third-order valence-corrected chi connectivity index (χ3v) is 6.04. The van der Waals surface area contributed by atoms with Crippen molar-refractivity contribution < 1.29 is 57.7 Å². The van der Waals surface area contributed by atoms with Crippen LogP contribution in [-0.2, 0) is 25.9 Å². The van der Waals surface area contributed by atoms with Crippen LogP contribution >= 0.6 is 0 Å². The maximum absolute atomic E-state index is 2.39. The largest absolute Gasteiger partial charge is 1.00 e. The average molecular weight is 408 g/mol. The van der Waals surface area contributed by atoms with Crippen LogP contribution < -0.4 is 37.2 Å². The summed E-state index contributed by atoms with van der Waals surface area (Å²) < 4.78 is 1.45. The van der Waals surface area contributed by atoms with Crippen molar-refractivity contribution in [2.75, 3.05) is 0 Å². The normalized spacial score (nSPS) is 13.4. The molecule has 1 aromatic carbocycles. The van der Waals surface area contributed by atoms with Crippen molar-refractivity contribution >= 4 is 0 Å². The van der Waals surface area contributed by atoms with E-state index in [1.54, 1.807) is 5.57 Å². The van der Waals surface area contributed by atoms with E-state index >= 15 is 0 Å². The third kappa shape index (κ3) is 4.28. The van der Waals surface area contributed by atoms with Crippen LogP contribution in [0.1, 0.15) is 53.6 Å². The first-order valence-corrected chi connectivity index (χ1v) is 8.16. The molecule has 0 aliphatic heterocycles. The van der Waals surface area contributed by atoms with Gasteiger partial charge >= 0.3 is 136 Å². The molecule has 23 heavy (non-hydrogen) atoms. The number of benzene rings is 1. The van der Waals surface area contributed by atoms with E-state index in [4.69, 9.17) is 0 Å². The predicted octanol–water partition coefficient (Wildman–Crippen LogP) is -3.72. The van der Waals surface area contributed by atoms with Gasteiger partial charge in [0, 0.05) is 0 Å². The fourth-order valence-electron chi connectivity index (χ4n) is 3.69. The molecule has 0 spiro atoms.